The molecule has 0 saturated carbocycles. The Morgan fingerprint density at radius 2 is 1.64 bits per heavy atom. The van der Waals surface area contributed by atoms with Crippen LogP contribution in [0.4, 0.5) is 5.69 Å². The molecule has 1 fully saturated rings. The van der Waals surface area contributed by atoms with E-state index in [1.165, 1.54) is 30.5 Å². The van der Waals surface area contributed by atoms with E-state index in [0.29, 0.717) is 4.99 Å². The maximum absolute atomic E-state index is 5.86. The third-order valence-corrected chi connectivity index (χ3v) is 4.71. The molecule has 0 aromatic heterocycles. The van der Waals surface area contributed by atoms with E-state index in [9.17, 15) is 0 Å². The molecular formula is C19H22N2S. The van der Waals surface area contributed by atoms with E-state index in [-0.39, 0.29) is 0 Å². The molecule has 0 aliphatic carbocycles. The van der Waals surface area contributed by atoms with Crippen molar-refractivity contribution in [1.29, 1.82) is 0 Å². The molecular weight excluding hydrogens is 288 g/mol. The van der Waals surface area contributed by atoms with Crippen molar-refractivity contribution in [3.63, 3.8) is 0 Å². The fourth-order valence-corrected chi connectivity index (χ4v) is 3.46. The Balaban J connectivity index is 1.64. The molecule has 0 amide bonds. The summed E-state index contributed by atoms with van der Waals surface area (Å²) in [6.45, 7) is 2.16. The molecule has 1 aliphatic rings. The number of rotatable bonds is 4. The van der Waals surface area contributed by atoms with Crippen LogP contribution in [0.15, 0.2) is 54.6 Å². The van der Waals surface area contributed by atoms with Gasteiger partial charge in [-0.3, -0.25) is 0 Å². The molecule has 0 atom stereocenters. The fraction of sp³-hybridized carbons (Fsp3) is 0.316. The third-order valence-electron chi connectivity index (χ3n) is 4.49. The molecule has 0 bridgehead atoms. The van der Waals surface area contributed by atoms with Gasteiger partial charge in [-0.05, 0) is 42.9 Å². The quantitative estimate of drug-likeness (QED) is 0.872. The zero-order chi connectivity index (χ0) is 15.4. The number of benzene rings is 2. The summed E-state index contributed by atoms with van der Waals surface area (Å²) in [4.78, 5) is 2.91. The van der Waals surface area contributed by atoms with E-state index in [2.05, 4.69) is 47.4 Å². The van der Waals surface area contributed by atoms with Crippen molar-refractivity contribution < 1.29 is 0 Å². The highest BCUT2D eigenvalue weighted by atomic mass is 32.1. The number of thiocarbonyl (C=S) groups is 1. The van der Waals surface area contributed by atoms with Crippen LogP contribution >= 0.6 is 12.2 Å². The number of hydrogen-bond donors (Lipinski definition) is 1. The van der Waals surface area contributed by atoms with Crippen LogP contribution in [0, 0.1) is 5.92 Å². The number of nitrogens with two attached hydrogens (primary N) is 1. The lowest BCUT2D eigenvalue weighted by molar-refractivity contribution is 0.403. The van der Waals surface area contributed by atoms with E-state index in [1.807, 2.05) is 12.1 Å². The Labute approximate surface area is 137 Å². The average molecular weight is 310 g/mol. The van der Waals surface area contributed by atoms with E-state index >= 15 is 0 Å². The van der Waals surface area contributed by atoms with Gasteiger partial charge in [-0.15, -0.1) is 0 Å². The Kier molecular flexibility index (Phi) is 4.74. The van der Waals surface area contributed by atoms with Gasteiger partial charge in [0, 0.05) is 24.3 Å². The fourth-order valence-electron chi connectivity index (χ4n) is 3.28. The topological polar surface area (TPSA) is 29.3 Å². The van der Waals surface area contributed by atoms with Crippen LogP contribution in [0.1, 0.15) is 24.0 Å². The van der Waals surface area contributed by atoms with Gasteiger partial charge in [0.05, 0.1) is 0 Å². The summed E-state index contributed by atoms with van der Waals surface area (Å²) < 4.78 is 0. The van der Waals surface area contributed by atoms with Crippen molar-refractivity contribution in [2.45, 2.75) is 19.3 Å². The Bertz CT molecular complexity index is 631. The van der Waals surface area contributed by atoms with Crippen molar-refractivity contribution in [2.75, 3.05) is 18.0 Å². The molecule has 114 valence electrons. The molecule has 2 N–H and O–H groups in total. The molecule has 1 saturated heterocycles. The number of hydrogen-bond acceptors (Lipinski definition) is 2. The molecule has 0 radical (unpaired) electrons. The normalized spacial score (nSPS) is 15.7. The van der Waals surface area contributed by atoms with Gasteiger partial charge in [-0.1, -0.05) is 54.7 Å². The first-order chi connectivity index (χ1) is 10.7. The van der Waals surface area contributed by atoms with Crippen molar-refractivity contribution in [3.8, 4) is 0 Å². The highest BCUT2D eigenvalue weighted by molar-refractivity contribution is 7.80. The number of piperidine rings is 1. The maximum atomic E-state index is 5.86. The number of nitrogens with zero attached hydrogens (tertiary/aromatic N) is 1. The predicted octanol–water partition coefficient (Wildman–Crippen LogP) is 3.78. The molecule has 1 aliphatic heterocycles. The smallest absolute Gasteiger partial charge is 0.106 e. The van der Waals surface area contributed by atoms with Crippen LogP contribution < -0.4 is 10.6 Å². The Morgan fingerprint density at radius 3 is 2.32 bits per heavy atom. The lowest BCUT2D eigenvalue weighted by atomic mass is 9.90. The molecule has 22 heavy (non-hydrogen) atoms. The van der Waals surface area contributed by atoms with Crippen LogP contribution in [-0.4, -0.2) is 18.1 Å². The summed E-state index contributed by atoms with van der Waals surface area (Å²) >= 11 is 5.18. The van der Waals surface area contributed by atoms with Crippen molar-refractivity contribution >= 4 is 22.9 Å². The van der Waals surface area contributed by atoms with E-state index in [4.69, 9.17) is 18.0 Å². The Hall–Kier alpha value is -1.87. The second kappa shape index (κ2) is 6.93. The summed E-state index contributed by atoms with van der Waals surface area (Å²) in [5, 5.41) is 0. The molecule has 3 rings (SSSR count). The molecule has 1 heterocycles. The number of para-hydroxylation sites is 1. The monoisotopic (exact) mass is 310 g/mol. The van der Waals surface area contributed by atoms with E-state index < -0.39 is 0 Å². The first-order valence-electron chi connectivity index (χ1n) is 7.92. The van der Waals surface area contributed by atoms with Gasteiger partial charge in [0.25, 0.3) is 0 Å². The van der Waals surface area contributed by atoms with E-state index in [1.54, 1.807) is 0 Å². The van der Waals surface area contributed by atoms with Crippen LogP contribution in [0.2, 0.25) is 0 Å². The molecule has 2 aromatic carbocycles. The zero-order valence-electron chi connectivity index (χ0n) is 12.7. The molecule has 2 nitrogen and oxygen atoms in total. The largest absolute Gasteiger partial charge is 0.389 e. The summed E-state index contributed by atoms with van der Waals surface area (Å²) in [6.07, 6.45) is 3.63. The second-order valence-electron chi connectivity index (χ2n) is 6.00. The Morgan fingerprint density at radius 1 is 1.00 bits per heavy atom. The minimum atomic E-state index is 0.488. The van der Waals surface area contributed by atoms with Gasteiger partial charge in [0.15, 0.2) is 0 Å². The second-order valence-corrected chi connectivity index (χ2v) is 6.44. The average Bonchev–Trinajstić information content (AvgIpc) is 2.56. The van der Waals surface area contributed by atoms with Crippen LogP contribution in [0.25, 0.3) is 0 Å². The third kappa shape index (κ3) is 3.47. The summed E-state index contributed by atoms with van der Waals surface area (Å²) in [7, 11) is 0. The predicted molar refractivity (Wildman–Crippen MR) is 97.4 cm³/mol. The summed E-state index contributed by atoms with van der Waals surface area (Å²) in [6, 6.07) is 19.0. The standard InChI is InChI=1S/C19H22N2S/c20-19(22)17-8-4-5-9-18(17)21-12-10-16(11-13-21)14-15-6-2-1-3-7-15/h1-9,16H,10-14H2,(H2,20,22). The van der Waals surface area contributed by atoms with Crippen molar-refractivity contribution in [1.82, 2.24) is 0 Å². The van der Waals surface area contributed by atoms with Gasteiger partial charge >= 0.3 is 0 Å². The lowest BCUT2D eigenvalue weighted by Gasteiger charge is -2.34. The zero-order valence-corrected chi connectivity index (χ0v) is 13.6. The first-order valence-corrected chi connectivity index (χ1v) is 8.32. The first kappa shape index (κ1) is 15.0. The van der Waals surface area contributed by atoms with Crippen molar-refractivity contribution in [2.24, 2.45) is 11.7 Å². The van der Waals surface area contributed by atoms with Crippen LogP contribution in [0.5, 0.6) is 0 Å². The number of anilines is 1. The van der Waals surface area contributed by atoms with Crippen molar-refractivity contribution in [3.05, 3.63) is 65.7 Å². The minimum Gasteiger partial charge on any atom is -0.389 e. The van der Waals surface area contributed by atoms with Crippen LogP contribution in [-0.2, 0) is 6.42 Å². The molecule has 2 aromatic rings. The highest BCUT2D eigenvalue weighted by Gasteiger charge is 2.21. The SMILES string of the molecule is NC(=S)c1ccccc1N1CCC(Cc2ccccc2)CC1. The molecule has 0 unspecified atom stereocenters. The lowest BCUT2D eigenvalue weighted by Crippen LogP contribution is -2.35. The molecule has 0 spiro atoms. The summed E-state index contributed by atoms with van der Waals surface area (Å²) in [5.74, 6) is 0.774. The van der Waals surface area contributed by atoms with Gasteiger partial charge in [-0.2, -0.15) is 0 Å². The van der Waals surface area contributed by atoms with Gasteiger partial charge in [0.2, 0.25) is 0 Å². The van der Waals surface area contributed by atoms with Gasteiger partial charge in [0.1, 0.15) is 4.99 Å². The summed E-state index contributed by atoms with van der Waals surface area (Å²) in [5.41, 5.74) is 9.49. The van der Waals surface area contributed by atoms with Crippen LogP contribution in [0.3, 0.4) is 0 Å². The molecule has 3 heteroatoms. The van der Waals surface area contributed by atoms with Gasteiger partial charge < -0.3 is 10.6 Å². The van der Waals surface area contributed by atoms with Gasteiger partial charge in [-0.25, -0.2) is 0 Å². The minimum absolute atomic E-state index is 0.488. The highest BCUT2D eigenvalue weighted by Crippen LogP contribution is 2.28. The maximum Gasteiger partial charge on any atom is 0.106 e. The van der Waals surface area contributed by atoms with E-state index in [0.717, 1.165) is 24.6 Å².